The summed E-state index contributed by atoms with van der Waals surface area (Å²) in [4.78, 5) is 27.0. The average molecular weight is 287 g/mol. The number of nitrogens with one attached hydrogen (secondary N) is 1. The summed E-state index contributed by atoms with van der Waals surface area (Å²) in [6, 6.07) is 7.91. The minimum atomic E-state index is -1.06. The van der Waals surface area contributed by atoms with Crippen molar-refractivity contribution in [2.75, 3.05) is 5.32 Å². The predicted molar refractivity (Wildman–Crippen MR) is 79.4 cm³/mol. The lowest BCUT2D eigenvalue weighted by Gasteiger charge is -2.10. The van der Waals surface area contributed by atoms with E-state index in [1.807, 2.05) is 31.2 Å². The number of anilines is 1. The summed E-state index contributed by atoms with van der Waals surface area (Å²) in [5.74, 6) is -0.904. The van der Waals surface area contributed by atoms with Crippen LogP contribution in [0.25, 0.3) is 0 Å². The largest absolute Gasteiger partial charge is 0.480 e. The number of nitrogens with zero attached hydrogens (tertiary/aromatic N) is 2. The Balaban J connectivity index is 2.19. The number of hydrogen-bond acceptors (Lipinski definition) is 4. The van der Waals surface area contributed by atoms with Crippen LogP contribution in [0.4, 0.5) is 5.82 Å². The SMILES string of the molecule is Cc1ccc(CNc2ncc(C)n(CC(=O)O)c2=O)cc1. The first kappa shape index (κ1) is 14.8. The van der Waals surface area contributed by atoms with Gasteiger partial charge in [0.05, 0.1) is 0 Å². The summed E-state index contributed by atoms with van der Waals surface area (Å²) in [6.07, 6.45) is 1.49. The molecule has 1 aromatic heterocycles. The minimum Gasteiger partial charge on any atom is -0.480 e. The van der Waals surface area contributed by atoms with Crippen molar-refractivity contribution >= 4 is 11.8 Å². The van der Waals surface area contributed by atoms with Gasteiger partial charge in [0.15, 0.2) is 5.82 Å². The van der Waals surface area contributed by atoms with Crippen molar-refractivity contribution in [1.82, 2.24) is 9.55 Å². The Morgan fingerprint density at radius 1 is 1.29 bits per heavy atom. The van der Waals surface area contributed by atoms with Gasteiger partial charge in [-0.25, -0.2) is 4.98 Å². The van der Waals surface area contributed by atoms with Crippen LogP contribution in [0.2, 0.25) is 0 Å². The summed E-state index contributed by atoms with van der Waals surface area (Å²) in [6.45, 7) is 3.75. The molecule has 0 aliphatic carbocycles. The number of rotatable bonds is 5. The molecule has 1 heterocycles. The fourth-order valence-corrected chi connectivity index (χ4v) is 1.92. The molecule has 0 saturated carbocycles. The van der Waals surface area contributed by atoms with Gasteiger partial charge in [-0.3, -0.25) is 14.2 Å². The van der Waals surface area contributed by atoms with Crippen molar-refractivity contribution in [1.29, 1.82) is 0 Å². The first-order chi connectivity index (χ1) is 9.97. The number of benzene rings is 1. The molecule has 0 radical (unpaired) electrons. The maximum Gasteiger partial charge on any atom is 0.323 e. The third kappa shape index (κ3) is 3.68. The maximum atomic E-state index is 12.2. The highest BCUT2D eigenvalue weighted by molar-refractivity contribution is 5.66. The van der Waals surface area contributed by atoms with Crippen molar-refractivity contribution in [3.63, 3.8) is 0 Å². The van der Waals surface area contributed by atoms with Crippen LogP contribution < -0.4 is 10.9 Å². The van der Waals surface area contributed by atoms with Gasteiger partial charge in [-0.05, 0) is 19.4 Å². The molecule has 2 aromatic rings. The average Bonchev–Trinajstić information content (AvgIpc) is 2.44. The van der Waals surface area contributed by atoms with E-state index >= 15 is 0 Å². The Hall–Kier alpha value is -2.63. The molecule has 2 rings (SSSR count). The lowest BCUT2D eigenvalue weighted by molar-refractivity contribution is -0.137. The molecular formula is C15H17N3O3. The van der Waals surface area contributed by atoms with Crippen LogP contribution in [0.5, 0.6) is 0 Å². The van der Waals surface area contributed by atoms with E-state index in [-0.39, 0.29) is 12.4 Å². The molecule has 0 saturated heterocycles. The predicted octanol–water partition coefficient (Wildman–Crippen LogP) is 1.56. The van der Waals surface area contributed by atoms with Crippen molar-refractivity contribution in [3.8, 4) is 0 Å². The Bertz CT molecular complexity index is 705. The molecule has 0 aliphatic rings. The second kappa shape index (κ2) is 6.21. The highest BCUT2D eigenvalue weighted by Crippen LogP contribution is 2.05. The summed E-state index contributed by atoms with van der Waals surface area (Å²) in [5, 5.41) is 11.8. The third-order valence-corrected chi connectivity index (χ3v) is 3.13. The molecule has 2 N–H and O–H groups in total. The molecular weight excluding hydrogens is 270 g/mol. The molecule has 0 fully saturated rings. The summed E-state index contributed by atoms with van der Waals surface area (Å²) in [7, 11) is 0. The van der Waals surface area contributed by atoms with Crippen molar-refractivity contribution in [2.45, 2.75) is 26.9 Å². The topological polar surface area (TPSA) is 84.2 Å². The van der Waals surface area contributed by atoms with Crippen LogP contribution in [-0.4, -0.2) is 20.6 Å². The summed E-state index contributed by atoms with van der Waals surface area (Å²) < 4.78 is 1.19. The number of carbonyl (C=O) groups is 1. The first-order valence-electron chi connectivity index (χ1n) is 6.55. The molecule has 6 nitrogen and oxygen atoms in total. The van der Waals surface area contributed by atoms with Crippen molar-refractivity contribution in [2.24, 2.45) is 0 Å². The molecule has 110 valence electrons. The van der Waals surface area contributed by atoms with Gasteiger partial charge >= 0.3 is 5.97 Å². The summed E-state index contributed by atoms with van der Waals surface area (Å²) >= 11 is 0. The van der Waals surface area contributed by atoms with E-state index in [2.05, 4.69) is 10.3 Å². The Morgan fingerprint density at radius 2 is 1.95 bits per heavy atom. The van der Waals surface area contributed by atoms with Crippen LogP contribution in [-0.2, 0) is 17.9 Å². The first-order valence-corrected chi connectivity index (χ1v) is 6.55. The fraction of sp³-hybridized carbons (Fsp3) is 0.267. The highest BCUT2D eigenvalue weighted by atomic mass is 16.4. The Labute approximate surface area is 122 Å². The lowest BCUT2D eigenvalue weighted by Crippen LogP contribution is -2.29. The van der Waals surface area contributed by atoms with Crippen LogP contribution in [0.1, 0.15) is 16.8 Å². The third-order valence-electron chi connectivity index (χ3n) is 3.13. The number of aryl methyl sites for hydroxylation is 2. The van der Waals surface area contributed by atoms with Crippen molar-refractivity contribution in [3.05, 3.63) is 57.6 Å². The van der Waals surface area contributed by atoms with Gasteiger partial charge in [-0.1, -0.05) is 29.8 Å². The van der Waals surface area contributed by atoms with Crippen molar-refractivity contribution < 1.29 is 9.90 Å². The van der Waals surface area contributed by atoms with Gasteiger partial charge in [0.25, 0.3) is 5.56 Å². The zero-order chi connectivity index (χ0) is 15.4. The normalized spacial score (nSPS) is 10.4. The van der Waals surface area contributed by atoms with Crippen LogP contribution >= 0.6 is 0 Å². The van der Waals surface area contributed by atoms with E-state index < -0.39 is 11.5 Å². The molecule has 6 heteroatoms. The van der Waals surface area contributed by atoms with E-state index in [0.29, 0.717) is 12.2 Å². The maximum absolute atomic E-state index is 12.2. The molecule has 0 unspecified atom stereocenters. The monoisotopic (exact) mass is 287 g/mol. The van der Waals surface area contributed by atoms with Crippen LogP contribution in [0.15, 0.2) is 35.3 Å². The quantitative estimate of drug-likeness (QED) is 0.871. The molecule has 1 aromatic carbocycles. The van der Waals surface area contributed by atoms with Gasteiger partial charge in [0.1, 0.15) is 6.54 Å². The standard InChI is InChI=1S/C15H17N3O3/c1-10-3-5-12(6-4-10)8-17-14-15(21)18(9-13(19)20)11(2)7-16-14/h3-7H,8-9H2,1-2H3,(H,16,17)(H,19,20). The minimum absolute atomic E-state index is 0.155. The Kier molecular flexibility index (Phi) is 4.37. The van der Waals surface area contributed by atoms with Gasteiger partial charge < -0.3 is 10.4 Å². The zero-order valence-corrected chi connectivity index (χ0v) is 12.0. The molecule has 0 amide bonds. The van der Waals surface area contributed by atoms with E-state index in [9.17, 15) is 9.59 Å². The van der Waals surface area contributed by atoms with Gasteiger partial charge in [0.2, 0.25) is 0 Å². The zero-order valence-electron chi connectivity index (χ0n) is 12.0. The number of aliphatic carboxylic acids is 1. The van der Waals surface area contributed by atoms with Crippen LogP contribution in [0.3, 0.4) is 0 Å². The van der Waals surface area contributed by atoms with Gasteiger partial charge in [-0.15, -0.1) is 0 Å². The number of hydrogen-bond donors (Lipinski definition) is 2. The molecule has 0 atom stereocenters. The van der Waals surface area contributed by atoms with Gasteiger partial charge in [-0.2, -0.15) is 0 Å². The van der Waals surface area contributed by atoms with Gasteiger partial charge in [0, 0.05) is 18.4 Å². The molecule has 0 spiro atoms. The molecule has 21 heavy (non-hydrogen) atoms. The molecule has 0 bridgehead atoms. The van der Waals surface area contributed by atoms with E-state index in [1.54, 1.807) is 6.92 Å². The second-order valence-electron chi connectivity index (χ2n) is 4.87. The van der Waals surface area contributed by atoms with E-state index in [1.165, 1.54) is 10.8 Å². The summed E-state index contributed by atoms with van der Waals surface area (Å²) in [5.41, 5.74) is 2.27. The number of carboxylic acids is 1. The second-order valence-corrected chi connectivity index (χ2v) is 4.87. The Morgan fingerprint density at radius 3 is 2.57 bits per heavy atom. The van der Waals surface area contributed by atoms with E-state index in [4.69, 9.17) is 5.11 Å². The van der Waals surface area contributed by atoms with Crippen LogP contribution in [0, 0.1) is 13.8 Å². The fourth-order valence-electron chi connectivity index (χ4n) is 1.92. The highest BCUT2D eigenvalue weighted by Gasteiger charge is 2.10. The molecule has 0 aliphatic heterocycles. The lowest BCUT2D eigenvalue weighted by atomic mass is 10.1. The number of carboxylic acid groups (broad SMARTS) is 1. The smallest absolute Gasteiger partial charge is 0.323 e. The van der Waals surface area contributed by atoms with E-state index in [0.717, 1.165) is 11.1 Å². The number of aromatic nitrogens is 2.